The van der Waals surface area contributed by atoms with Gasteiger partial charge in [0.05, 0.1) is 5.25 Å². The fraction of sp³-hybridized carbons (Fsp3) is 0.364. The van der Waals surface area contributed by atoms with Gasteiger partial charge in [0.25, 0.3) is 0 Å². The summed E-state index contributed by atoms with van der Waals surface area (Å²) < 4.78 is 0. The monoisotopic (exact) mass is 224 g/mol. The lowest BCUT2D eigenvalue weighted by atomic mass is 10.2. The van der Waals surface area contributed by atoms with E-state index < -0.39 is 0 Å². The number of thioether (sulfide) groups is 1. The minimum atomic E-state index is -0.259. The fourth-order valence-electron chi connectivity index (χ4n) is 1.21. The normalized spacial score (nSPS) is 12.4. The van der Waals surface area contributed by atoms with Crippen molar-refractivity contribution < 1.29 is 4.79 Å². The lowest BCUT2D eigenvalue weighted by Gasteiger charge is -2.10. The predicted octanol–water partition coefficient (Wildman–Crippen LogP) is 1.50. The molecule has 1 amide bonds. The van der Waals surface area contributed by atoms with E-state index in [2.05, 4.69) is 0 Å². The van der Waals surface area contributed by atoms with Gasteiger partial charge in [-0.2, -0.15) is 0 Å². The Bertz CT molecular complexity index is 324. The molecule has 1 aromatic carbocycles. The van der Waals surface area contributed by atoms with E-state index in [9.17, 15) is 4.79 Å². The Morgan fingerprint density at radius 2 is 2.00 bits per heavy atom. The van der Waals surface area contributed by atoms with Gasteiger partial charge in [0.15, 0.2) is 0 Å². The van der Waals surface area contributed by atoms with Crippen LogP contribution in [-0.2, 0) is 11.3 Å². The van der Waals surface area contributed by atoms with E-state index in [4.69, 9.17) is 11.5 Å². The molecule has 0 heterocycles. The maximum absolute atomic E-state index is 11.0. The Morgan fingerprint density at radius 3 is 2.40 bits per heavy atom. The van der Waals surface area contributed by atoms with Crippen molar-refractivity contribution in [1.82, 2.24) is 0 Å². The van der Waals surface area contributed by atoms with E-state index in [1.165, 1.54) is 11.8 Å². The molecule has 0 radical (unpaired) electrons. The smallest absolute Gasteiger partial charge is 0.230 e. The molecule has 1 aromatic rings. The van der Waals surface area contributed by atoms with Crippen LogP contribution in [0.3, 0.4) is 0 Å². The second-order valence-corrected chi connectivity index (χ2v) is 4.54. The molecule has 1 unspecified atom stereocenters. The zero-order valence-corrected chi connectivity index (χ0v) is 9.59. The Hall–Kier alpha value is -1.00. The molecule has 1 atom stereocenters. The molecule has 15 heavy (non-hydrogen) atoms. The second kappa shape index (κ2) is 5.78. The predicted molar refractivity (Wildman–Crippen MR) is 63.5 cm³/mol. The van der Waals surface area contributed by atoms with Crippen LogP contribution in [0.15, 0.2) is 29.2 Å². The maximum atomic E-state index is 11.0. The summed E-state index contributed by atoms with van der Waals surface area (Å²) in [4.78, 5) is 12.1. The molecule has 4 heteroatoms. The van der Waals surface area contributed by atoms with Crippen LogP contribution in [0.5, 0.6) is 0 Å². The third kappa shape index (κ3) is 3.57. The second-order valence-electron chi connectivity index (χ2n) is 3.27. The molecule has 0 saturated heterocycles. The van der Waals surface area contributed by atoms with E-state index in [1.807, 2.05) is 31.2 Å². The average molecular weight is 224 g/mol. The fourth-order valence-corrected chi connectivity index (χ4v) is 2.12. The van der Waals surface area contributed by atoms with Crippen LogP contribution in [0.1, 0.15) is 18.9 Å². The minimum Gasteiger partial charge on any atom is -0.369 e. The van der Waals surface area contributed by atoms with Crippen molar-refractivity contribution in [2.75, 3.05) is 0 Å². The maximum Gasteiger partial charge on any atom is 0.230 e. The number of nitrogens with two attached hydrogens (primary N) is 2. The van der Waals surface area contributed by atoms with E-state index in [1.54, 1.807) is 0 Å². The Labute approximate surface area is 94.2 Å². The van der Waals surface area contributed by atoms with Crippen molar-refractivity contribution in [3.8, 4) is 0 Å². The van der Waals surface area contributed by atoms with E-state index in [-0.39, 0.29) is 11.2 Å². The van der Waals surface area contributed by atoms with Crippen molar-refractivity contribution in [3.05, 3.63) is 29.8 Å². The highest BCUT2D eigenvalue weighted by molar-refractivity contribution is 8.00. The summed E-state index contributed by atoms with van der Waals surface area (Å²) in [5, 5.41) is -0.145. The molecule has 0 saturated carbocycles. The van der Waals surface area contributed by atoms with Crippen LogP contribution in [-0.4, -0.2) is 11.2 Å². The molecule has 3 nitrogen and oxygen atoms in total. The first-order valence-corrected chi connectivity index (χ1v) is 5.80. The van der Waals surface area contributed by atoms with Crippen molar-refractivity contribution in [2.24, 2.45) is 11.5 Å². The minimum absolute atomic E-state index is 0.145. The summed E-state index contributed by atoms with van der Waals surface area (Å²) in [5.41, 5.74) is 11.9. The molecule has 82 valence electrons. The molecule has 0 aromatic heterocycles. The molecule has 0 aliphatic carbocycles. The summed E-state index contributed by atoms with van der Waals surface area (Å²) in [6, 6.07) is 7.88. The summed E-state index contributed by atoms with van der Waals surface area (Å²) in [6.45, 7) is 2.49. The van der Waals surface area contributed by atoms with Crippen LogP contribution >= 0.6 is 11.8 Å². The van der Waals surface area contributed by atoms with Crippen LogP contribution in [0, 0.1) is 0 Å². The standard InChI is InChI=1S/C11H16N2OS/c1-2-10(11(13)14)15-9-5-3-8(7-12)4-6-9/h3-6,10H,2,7,12H2,1H3,(H2,13,14). The van der Waals surface area contributed by atoms with Gasteiger partial charge in [-0.1, -0.05) is 19.1 Å². The SMILES string of the molecule is CCC(Sc1ccc(CN)cc1)C(N)=O. The molecule has 0 spiro atoms. The van der Waals surface area contributed by atoms with Crippen LogP contribution < -0.4 is 11.5 Å². The van der Waals surface area contributed by atoms with Crippen molar-refractivity contribution >= 4 is 17.7 Å². The first-order valence-electron chi connectivity index (χ1n) is 4.92. The third-order valence-electron chi connectivity index (χ3n) is 2.13. The molecule has 1 rings (SSSR count). The van der Waals surface area contributed by atoms with Gasteiger partial charge in [0.2, 0.25) is 5.91 Å². The van der Waals surface area contributed by atoms with E-state index >= 15 is 0 Å². The Balaban J connectivity index is 2.67. The van der Waals surface area contributed by atoms with Gasteiger partial charge in [0, 0.05) is 11.4 Å². The highest BCUT2D eigenvalue weighted by atomic mass is 32.2. The lowest BCUT2D eigenvalue weighted by Crippen LogP contribution is -2.24. The van der Waals surface area contributed by atoms with Crippen molar-refractivity contribution in [2.45, 2.75) is 30.0 Å². The number of hydrogen-bond donors (Lipinski definition) is 2. The zero-order valence-electron chi connectivity index (χ0n) is 8.77. The molecule has 0 fully saturated rings. The van der Waals surface area contributed by atoms with Crippen LogP contribution in [0.2, 0.25) is 0 Å². The first kappa shape index (κ1) is 12.1. The van der Waals surface area contributed by atoms with E-state index in [0.29, 0.717) is 6.54 Å². The molecular weight excluding hydrogens is 208 g/mol. The average Bonchev–Trinajstić information content (AvgIpc) is 2.26. The van der Waals surface area contributed by atoms with Crippen molar-refractivity contribution in [1.29, 1.82) is 0 Å². The lowest BCUT2D eigenvalue weighted by molar-refractivity contribution is -0.117. The number of hydrogen-bond acceptors (Lipinski definition) is 3. The Morgan fingerprint density at radius 1 is 1.40 bits per heavy atom. The van der Waals surface area contributed by atoms with Gasteiger partial charge in [-0.3, -0.25) is 4.79 Å². The summed E-state index contributed by atoms with van der Waals surface area (Å²) >= 11 is 1.50. The number of benzene rings is 1. The highest BCUT2D eigenvalue weighted by Crippen LogP contribution is 2.25. The van der Waals surface area contributed by atoms with Gasteiger partial charge in [-0.25, -0.2) is 0 Å². The molecular formula is C11H16N2OS. The van der Waals surface area contributed by atoms with E-state index in [0.717, 1.165) is 16.9 Å². The van der Waals surface area contributed by atoms with Gasteiger partial charge in [-0.15, -0.1) is 11.8 Å². The van der Waals surface area contributed by atoms with Gasteiger partial charge >= 0.3 is 0 Å². The number of amides is 1. The molecule has 0 bridgehead atoms. The summed E-state index contributed by atoms with van der Waals surface area (Å²) in [6.07, 6.45) is 0.749. The summed E-state index contributed by atoms with van der Waals surface area (Å²) in [7, 11) is 0. The first-order chi connectivity index (χ1) is 7.17. The highest BCUT2D eigenvalue weighted by Gasteiger charge is 2.13. The number of primary amides is 1. The largest absolute Gasteiger partial charge is 0.369 e. The molecule has 0 aliphatic rings. The summed E-state index contributed by atoms with van der Waals surface area (Å²) in [5.74, 6) is -0.259. The number of carbonyl (C=O) groups excluding carboxylic acids is 1. The van der Waals surface area contributed by atoms with Crippen molar-refractivity contribution in [3.63, 3.8) is 0 Å². The topological polar surface area (TPSA) is 69.1 Å². The molecule has 4 N–H and O–H groups in total. The number of rotatable bonds is 5. The Kier molecular flexibility index (Phi) is 4.65. The number of carbonyl (C=O) groups is 1. The van der Waals surface area contributed by atoms with Crippen LogP contribution in [0.4, 0.5) is 0 Å². The zero-order chi connectivity index (χ0) is 11.3. The van der Waals surface area contributed by atoms with Gasteiger partial charge < -0.3 is 11.5 Å². The quantitative estimate of drug-likeness (QED) is 0.745. The van der Waals surface area contributed by atoms with Gasteiger partial charge in [-0.05, 0) is 24.1 Å². The van der Waals surface area contributed by atoms with Gasteiger partial charge in [0.1, 0.15) is 0 Å². The van der Waals surface area contributed by atoms with Crippen LogP contribution in [0.25, 0.3) is 0 Å². The third-order valence-corrected chi connectivity index (χ3v) is 3.52. The molecule has 0 aliphatic heterocycles.